The maximum atomic E-state index is 11.8. The number of hydrogen-bond donors (Lipinski definition) is 0. The van der Waals surface area contributed by atoms with Crippen LogP contribution in [0.3, 0.4) is 0 Å². The molecule has 5 heteroatoms. The third kappa shape index (κ3) is 1.89. The van der Waals surface area contributed by atoms with Crippen LogP contribution in [0.25, 0.3) is 11.1 Å². The number of fused-ring (bicyclic) bond motifs is 1. The molecule has 2 heterocycles. The Balaban J connectivity index is 2.14. The molecule has 0 aliphatic heterocycles. The molecule has 0 unspecified atom stereocenters. The lowest BCUT2D eigenvalue weighted by atomic mass is 10.2. The maximum Gasteiger partial charge on any atom is 0.420 e. The minimum atomic E-state index is -0.436. The highest BCUT2D eigenvalue weighted by Crippen LogP contribution is 2.14. The summed E-state index contributed by atoms with van der Waals surface area (Å²) < 4.78 is 6.64. The molecule has 0 saturated carbocycles. The summed E-state index contributed by atoms with van der Waals surface area (Å²) in [5, 5.41) is 9.01. The smallest absolute Gasteiger partial charge is 0.408 e. The van der Waals surface area contributed by atoms with Crippen molar-refractivity contribution < 1.29 is 4.42 Å². The van der Waals surface area contributed by atoms with Crippen molar-refractivity contribution in [1.82, 2.24) is 9.55 Å². The van der Waals surface area contributed by atoms with E-state index in [1.807, 2.05) is 18.2 Å². The number of oxazole rings is 1. The molecule has 0 bridgehead atoms. The van der Waals surface area contributed by atoms with Gasteiger partial charge >= 0.3 is 5.76 Å². The first-order valence-electron chi connectivity index (χ1n) is 5.72. The second-order valence-corrected chi connectivity index (χ2v) is 4.04. The largest absolute Gasteiger partial charge is 0.420 e. The van der Waals surface area contributed by atoms with Gasteiger partial charge in [0.1, 0.15) is 11.8 Å². The summed E-state index contributed by atoms with van der Waals surface area (Å²) in [7, 11) is 0. The Morgan fingerprint density at radius 3 is 2.95 bits per heavy atom. The Hall–Kier alpha value is -2.87. The minimum Gasteiger partial charge on any atom is -0.408 e. The van der Waals surface area contributed by atoms with Crippen molar-refractivity contribution in [2.75, 3.05) is 0 Å². The van der Waals surface area contributed by atoms with E-state index in [9.17, 15) is 4.79 Å². The molecule has 0 aliphatic rings. The molecule has 3 aromatic rings. The minimum absolute atomic E-state index is 0.270. The summed E-state index contributed by atoms with van der Waals surface area (Å²) in [6.07, 6.45) is 1.55. The zero-order valence-corrected chi connectivity index (χ0v) is 9.91. The van der Waals surface area contributed by atoms with Gasteiger partial charge in [-0.05, 0) is 18.2 Å². The van der Waals surface area contributed by atoms with Crippen molar-refractivity contribution >= 4 is 11.1 Å². The molecule has 3 rings (SSSR count). The number of hydrogen-bond acceptors (Lipinski definition) is 4. The predicted molar refractivity (Wildman–Crippen MR) is 68.5 cm³/mol. The summed E-state index contributed by atoms with van der Waals surface area (Å²) in [6.45, 7) is 0.270. The second-order valence-electron chi connectivity index (χ2n) is 4.04. The van der Waals surface area contributed by atoms with Crippen molar-refractivity contribution in [2.24, 2.45) is 0 Å². The Kier molecular flexibility index (Phi) is 2.62. The fourth-order valence-electron chi connectivity index (χ4n) is 2.00. The monoisotopic (exact) mass is 251 g/mol. The van der Waals surface area contributed by atoms with Gasteiger partial charge in [-0.25, -0.2) is 9.78 Å². The SMILES string of the molecule is N#Cc1ncccc1Cn1c(=O)oc2ccccc21. The van der Waals surface area contributed by atoms with Gasteiger partial charge in [0.2, 0.25) is 0 Å². The van der Waals surface area contributed by atoms with Gasteiger partial charge in [0.05, 0.1) is 12.1 Å². The second kappa shape index (κ2) is 4.42. The van der Waals surface area contributed by atoms with Gasteiger partial charge in [0, 0.05) is 11.8 Å². The molecule has 92 valence electrons. The summed E-state index contributed by atoms with van der Waals surface area (Å²) in [6, 6.07) is 12.7. The molecule has 0 fully saturated rings. The molecule has 0 radical (unpaired) electrons. The molecular weight excluding hydrogens is 242 g/mol. The maximum absolute atomic E-state index is 11.8. The van der Waals surface area contributed by atoms with E-state index in [4.69, 9.17) is 9.68 Å². The Bertz CT molecular complexity index is 840. The van der Waals surface area contributed by atoms with Crippen LogP contribution < -0.4 is 5.76 Å². The zero-order chi connectivity index (χ0) is 13.2. The van der Waals surface area contributed by atoms with Gasteiger partial charge in [-0.2, -0.15) is 5.26 Å². The van der Waals surface area contributed by atoms with Crippen LogP contribution in [-0.2, 0) is 6.54 Å². The van der Waals surface area contributed by atoms with Crippen molar-refractivity contribution in [2.45, 2.75) is 6.54 Å². The van der Waals surface area contributed by atoms with Crippen molar-refractivity contribution in [3.05, 3.63) is 64.4 Å². The Labute approximate surface area is 108 Å². The first kappa shape index (κ1) is 11.2. The van der Waals surface area contributed by atoms with Crippen LogP contribution in [0.2, 0.25) is 0 Å². The van der Waals surface area contributed by atoms with Crippen molar-refractivity contribution in [3.8, 4) is 6.07 Å². The highest BCUT2D eigenvalue weighted by Gasteiger charge is 2.11. The quantitative estimate of drug-likeness (QED) is 0.697. The van der Waals surface area contributed by atoms with Crippen LogP contribution >= 0.6 is 0 Å². The fraction of sp³-hybridized carbons (Fsp3) is 0.0714. The molecule has 0 amide bonds. The highest BCUT2D eigenvalue weighted by atomic mass is 16.4. The molecular formula is C14H9N3O2. The van der Waals surface area contributed by atoms with Crippen LogP contribution in [0, 0.1) is 11.3 Å². The lowest BCUT2D eigenvalue weighted by Gasteiger charge is -2.03. The number of para-hydroxylation sites is 2. The van der Waals surface area contributed by atoms with E-state index >= 15 is 0 Å². The van der Waals surface area contributed by atoms with E-state index in [0.29, 0.717) is 22.4 Å². The van der Waals surface area contributed by atoms with Crippen LogP contribution in [0.1, 0.15) is 11.3 Å². The van der Waals surface area contributed by atoms with E-state index in [0.717, 1.165) is 0 Å². The summed E-state index contributed by atoms with van der Waals surface area (Å²) in [5.74, 6) is -0.436. The van der Waals surface area contributed by atoms with E-state index in [2.05, 4.69) is 4.98 Å². The average Bonchev–Trinajstić information content (AvgIpc) is 2.76. The molecule has 5 nitrogen and oxygen atoms in total. The van der Waals surface area contributed by atoms with Crippen LogP contribution in [0.4, 0.5) is 0 Å². The van der Waals surface area contributed by atoms with Gasteiger partial charge in [-0.3, -0.25) is 4.57 Å². The molecule has 0 aliphatic carbocycles. The fourth-order valence-corrected chi connectivity index (χ4v) is 2.00. The molecule has 2 aromatic heterocycles. The number of rotatable bonds is 2. The number of benzene rings is 1. The average molecular weight is 251 g/mol. The van der Waals surface area contributed by atoms with Crippen LogP contribution in [-0.4, -0.2) is 9.55 Å². The van der Waals surface area contributed by atoms with Crippen LogP contribution in [0.15, 0.2) is 51.8 Å². The standard InChI is InChI=1S/C14H9N3O2/c15-8-11-10(4-3-7-16-11)9-17-12-5-1-2-6-13(12)19-14(17)18/h1-7H,9H2. The van der Waals surface area contributed by atoms with Gasteiger partial charge in [-0.1, -0.05) is 18.2 Å². The number of nitrogens with zero attached hydrogens (tertiary/aromatic N) is 3. The molecule has 0 N–H and O–H groups in total. The normalized spacial score (nSPS) is 10.5. The van der Waals surface area contributed by atoms with Gasteiger partial charge in [0.15, 0.2) is 5.58 Å². The van der Waals surface area contributed by atoms with Gasteiger partial charge < -0.3 is 4.42 Å². The topological polar surface area (TPSA) is 71.8 Å². The lowest BCUT2D eigenvalue weighted by Crippen LogP contribution is -2.15. The third-order valence-corrected chi connectivity index (χ3v) is 2.90. The molecule has 0 spiro atoms. The number of pyridine rings is 1. The molecule has 1 aromatic carbocycles. The van der Waals surface area contributed by atoms with E-state index < -0.39 is 5.76 Å². The van der Waals surface area contributed by atoms with Crippen LogP contribution in [0.5, 0.6) is 0 Å². The highest BCUT2D eigenvalue weighted by molar-refractivity contribution is 5.72. The van der Waals surface area contributed by atoms with E-state index in [-0.39, 0.29) is 6.54 Å². The van der Waals surface area contributed by atoms with E-state index in [1.165, 1.54) is 4.57 Å². The lowest BCUT2D eigenvalue weighted by molar-refractivity contribution is 0.517. The third-order valence-electron chi connectivity index (χ3n) is 2.90. The number of nitriles is 1. The number of aromatic nitrogens is 2. The first-order chi connectivity index (χ1) is 9.29. The Morgan fingerprint density at radius 1 is 1.26 bits per heavy atom. The van der Waals surface area contributed by atoms with Crippen molar-refractivity contribution in [3.63, 3.8) is 0 Å². The predicted octanol–water partition coefficient (Wildman–Crippen LogP) is 1.91. The Morgan fingerprint density at radius 2 is 2.11 bits per heavy atom. The van der Waals surface area contributed by atoms with Gasteiger partial charge in [-0.15, -0.1) is 0 Å². The molecule has 0 saturated heterocycles. The van der Waals surface area contributed by atoms with E-state index in [1.54, 1.807) is 30.5 Å². The zero-order valence-electron chi connectivity index (χ0n) is 9.91. The molecule has 0 atom stereocenters. The van der Waals surface area contributed by atoms with Gasteiger partial charge in [0.25, 0.3) is 0 Å². The first-order valence-corrected chi connectivity index (χ1v) is 5.72. The summed E-state index contributed by atoms with van der Waals surface area (Å²) >= 11 is 0. The molecule has 19 heavy (non-hydrogen) atoms. The summed E-state index contributed by atoms with van der Waals surface area (Å²) in [5.41, 5.74) is 2.26. The van der Waals surface area contributed by atoms with Crippen molar-refractivity contribution in [1.29, 1.82) is 5.26 Å². The summed E-state index contributed by atoms with van der Waals surface area (Å²) in [4.78, 5) is 15.8.